The third-order valence-corrected chi connectivity index (χ3v) is 3.71. The van der Waals surface area contributed by atoms with Crippen LogP contribution in [0.1, 0.15) is 22.8 Å². The molecule has 0 fully saturated rings. The molecule has 1 aromatic heterocycles. The first-order valence-corrected chi connectivity index (χ1v) is 7.68. The smallest absolute Gasteiger partial charge is 0.255 e. The normalized spacial score (nSPS) is 10.3. The molecule has 2 aromatic carbocycles. The van der Waals surface area contributed by atoms with Crippen LogP contribution in [-0.2, 0) is 6.42 Å². The summed E-state index contributed by atoms with van der Waals surface area (Å²) in [6, 6.07) is 21.0. The lowest BCUT2D eigenvalue weighted by Crippen LogP contribution is -2.11. The van der Waals surface area contributed by atoms with Crippen LogP contribution in [-0.4, -0.2) is 10.9 Å². The summed E-state index contributed by atoms with van der Waals surface area (Å²) >= 11 is 0. The van der Waals surface area contributed by atoms with Gasteiger partial charge < -0.3 is 5.32 Å². The molecule has 0 saturated heterocycles. The lowest BCUT2D eigenvalue weighted by Gasteiger charge is -2.06. The largest absolute Gasteiger partial charge is 0.322 e. The highest BCUT2D eigenvalue weighted by Crippen LogP contribution is 2.18. The van der Waals surface area contributed by atoms with Crippen LogP contribution in [0, 0.1) is 0 Å². The van der Waals surface area contributed by atoms with Crippen LogP contribution in [0.5, 0.6) is 0 Å². The fraction of sp³-hybridized carbons (Fsp3) is 0.100. The second kappa shape index (κ2) is 6.88. The van der Waals surface area contributed by atoms with E-state index in [2.05, 4.69) is 23.3 Å². The first kappa shape index (κ1) is 15.0. The molecular weight excluding hydrogens is 284 g/mol. The minimum atomic E-state index is -0.114. The highest BCUT2D eigenvalue weighted by atomic mass is 16.1. The van der Waals surface area contributed by atoms with E-state index in [1.54, 1.807) is 0 Å². The number of aryl methyl sites for hydroxylation is 1. The summed E-state index contributed by atoms with van der Waals surface area (Å²) in [6.45, 7) is 2.11. The van der Waals surface area contributed by atoms with Gasteiger partial charge in [0.05, 0.1) is 5.69 Å². The van der Waals surface area contributed by atoms with Crippen molar-refractivity contribution in [2.24, 2.45) is 0 Å². The minimum absolute atomic E-state index is 0.114. The SMILES string of the molecule is CCc1ccc(-c2ccc(C(=O)Nc3ccccc3)cc2)nc1. The van der Waals surface area contributed by atoms with Crippen LogP contribution in [0.4, 0.5) is 5.69 Å². The van der Waals surface area contributed by atoms with E-state index in [1.165, 1.54) is 5.56 Å². The van der Waals surface area contributed by atoms with Gasteiger partial charge in [0.2, 0.25) is 0 Å². The fourth-order valence-electron chi connectivity index (χ4n) is 2.32. The van der Waals surface area contributed by atoms with Crippen molar-refractivity contribution in [3.8, 4) is 11.3 Å². The molecule has 3 nitrogen and oxygen atoms in total. The first-order chi connectivity index (χ1) is 11.3. The molecular formula is C20H18N2O. The monoisotopic (exact) mass is 302 g/mol. The second-order valence-electron chi connectivity index (χ2n) is 5.30. The van der Waals surface area contributed by atoms with Gasteiger partial charge >= 0.3 is 0 Å². The van der Waals surface area contributed by atoms with Crippen LogP contribution in [0.25, 0.3) is 11.3 Å². The summed E-state index contributed by atoms with van der Waals surface area (Å²) in [4.78, 5) is 16.7. The average Bonchev–Trinajstić information content (AvgIpc) is 2.63. The number of nitrogens with one attached hydrogen (secondary N) is 1. The molecule has 3 heteroatoms. The number of nitrogens with zero attached hydrogens (tertiary/aromatic N) is 1. The zero-order valence-electron chi connectivity index (χ0n) is 13.0. The molecule has 114 valence electrons. The van der Waals surface area contributed by atoms with Gasteiger partial charge in [-0.15, -0.1) is 0 Å². The maximum atomic E-state index is 12.2. The van der Waals surface area contributed by atoms with Crippen molar-refractivity contribution in [1.82, 2.24) is 4.98 Å². The highest BCUT2D eigenvalue weighted by molar-refractivity contribution is 6.04. The number of aromatic nitrogens is 1. The summed E-state index contributed by atoms with van der Waals surface area (Å²) < 4.78 is 0. The van der Waals surface area contributed by atoms with Crippen LogP contribution >= 0.6 is 0 Å². The molecule has 0 radical (unpaired) electrons. The highest BCUT2D eigenvalue weighted by Gasteiger charge is 2.07. The molecule has 0 aliphatic heterocycles. The fourth-order valence-corrected chi connectivity index (χ4v) is 2.32. The molecule has 0 saturated carbocycles. The predicted octanol–water partition coefficient (Wildman–Crippen LogP) is 4.56. The van der Waals surface area contributed by atoms with Crippen molar-refractivity contribution in [1.29, 1.82) is 0 Å². The van der Waals surface area contributed by atoms with Crippen LogP contribution in [0.3, 0.4) is 0 Å². The number of hydrogen-bond donors (Lipinski definition) is 1. The lowest BCUT2D eigenvalue weighted by molar-refractivity contribution is 0.102. The van der Waals surface area contributed by atoms with E-state index in [4.69, 9.17) is 0 Å². The van der Waals surface area contributed by atoms with Gasteiger partial charge in [0.25, 0.3) is 5.91 Å². The summed E-state index contributed by atoms with van der Waals surface area (Å²) in [5, 5.41) is 2.88. The zero-order chi connectivity index (χ0) is 16.1. The molecule has 1 amide bonds. The molecule has 0 spiro atoms. The molecule has 1 N–H and O–H groups in total. The van der Waals surface area contributed by atoms with E-state index in [9.17, 15) is 4.79 Å². The summed E-state index contributed by atoms with van der Waals surface area (Å²) in [5.74, 6) is -0.114. The minimum Gasteiger partial charge on any atom is -0.322 e. The summed E-state index contributed by atoms with van der Waals surface area (Å²) in [7, 11) is 0. The van der Waals surface area contributed by atoms with E-state index < -0.39 is 0 Å². The number of hydrogen-bond acceptors (Lipinski definition) is 2. The number of anilines is 1. The Hall–Kier alpha value is -2.94. The first-order valence-electron chi connectivity index (χ1n) is 7.68. The number of para-hydroxylation sites is 1. The van der Waals surface area contributed by atoms with Crippen LogP contribution in [0.2, 0.25) is 0 Å². The van der Waals surface area contributed by atoms with E-state index >= 15 is 0 Å². The number of pyridine rings is 1. The quantitative estimate of drug-likeness (QED) is 0.767. The third kappa shape index (κ3) is 3.64. The second-order valence-corrected chi connectivity index (χ2v) is 5.30. The Morgan fingerprint density at radius 3 is 2.30 bits per heavy atom. The van der Waals surface area contributed by atoms with Gasteiger partial charge in [-0.05, 0) is 42.3 Å². The number of carbonyl (C=O) groups excluding carboxylic acids is 1. The van der Waals surface area contributed by atoms with Gasteiger partial charge in [-0.25, -0.2) is 0 Å². The van der Waals surface area contributed by atoms with Crippen molar-refractivity contribution >= 4 is 11.6 Å². The Morgan fingerprint density at radius 2 is 1.70 bits per heavy atom. The maximum absolute atomic E-state index is 12.2. The summed E-state index contributed by atoms with van der Waals surface area (Å²) in [5.41, 5.74) is 4.55. The number of rotatable bonds is 4. The molecule has 3 aromatic rings. The van der Waals surface area contributed by atoms with Crippen LogP contribution < -0.4 is 5.32 Å². The standard InChI is InChI=1S/C20H18N2O/c1-2-15-8-13-19(21-14-15)16-9-11-17(12-10-16)20(23)22-18-6-4-3-5-7-18/h3-14H,2H2,1H3,(H,22,23). The van der Waals surface area contributed by atoms with E-state index in [1.807, 2.05) is 66.9 Å². The average molecular weight is 302 g/mol. The van der Waals surface area contributed by atoms with Crippen molar-refractivity contribution in [3.63, 3.8) is 0 Å². The summed E-state index contributed by atoms with van der Waals surface area (Å²) in [6.07, 6.45) is 2.87. The Kier molecular flexibility index (Phi) is 4.48. The molecule has 0 bridgehead atoms. The third-order valence-electron chi connectivity index (χ3n) is 3.71. The van der Waals surface area contributed by atoms with Gasteiger partial charge in [-0.3, -0.25) is 9.78 Å². The van der Waals surface area contributed by atoms with E-state index in [0.29, 0.717) is 5.56 Å². The Morgan fingerprint density at radius 1 is 0.957 bits per heavy atom. The molecule has 23 heavy (non-hydrogen) atoms. The number of benzene rings is 2. The molecule has 0 aliphatic carbocycles. The molecule has 0 unspecified atom stereocenters. The Labute approximate surface area is 136 Å². The predicted molar refractivity (Wildman–Crippen MR) is 93.4 cm³/mol. The Balaban J connectivity index is 1.74. The van der Waals surface area contributed by atoms with E-state index in [0.717, 1.165) is 23.4 Å². The van der Waals surface area contributed by atoms with E-state index in [-0.39, 0.29) is 5.91 Å². The Bertz CT molecular complexity index is 778. The molecule has 0 aliphatic rings. The molecule has 0 atom stereocenters. The van der Waals surface area contributed by atoms with Gasteiger partial charge in [0, 0.05) is 23.0 Å². The van der Waals surface area contributed by atoms with Crippen LogP contribution in [0.15, 0.2) is 72.9 Å². The van der Waals surface area contributed by atoms with Crippen molar-refractivity contribution in [3.05, 3.63) is 84.1 Å². The number of amides is 1. The maximum Gasteiger partial charge on any atom is 0.255 e. The molecule has 3 rings (SSSR count). The van der Waals surface area contributed by atoms with Gasteiger partial charge in [0.1, 0.15) is 0 Å². The van der Waals surface area contributed by atoms with Crippen molar-refractivity contribution < 1.29 is 4.79 Å². The van der Waals surface area contributed by atoms with Gasteiger partial charge in [-0.2, -0.15) is 0 Å². The zero-order valence-corrected chi connectivity index (χ0v) is 13.0. The van der Waals surface area contributed by atoms with Gasteiger partial charge in [-0.1, -0.05) is 43.3 Å². The number of carbonyl (C=O) groups is 1. The van der Waals surface area contributed by atoms with Gasteiger partial charge in [0.15, 0.2) is 0 Å². The lowest BCUT2D eigenvalue weighted by atomic mass is 10.1. The van der Waals surface area contributed by atoms with Crippen molar-refractivity contribution in [2.75, 3.05) is 5.32 Å². The van der Waals surface area contributed by atoms with Crippen molar-refractivity contribution in [2.45, 2.75) is 13.3 Å². The molecule has 1 heterocycles. The topological polar surface area (TPSA) is 42.0 Å².